The third-order valence-electron chi connectivity index (χ3n) is 7.72. The van der Waals surface area contributed by atoms with Gasteiger partial charge in [0, 0.05) is 13.6 Å². The van der Waals surface area contributed by atoms with Crippen LogP contribution in [0.5, 0.6) is 0 Å². The Bertz CT molecular complexity index is 1600. The van der Waals surface area contributed by atoms with E-state index in [0.29, 0.717) is 37.3 Å². The molecule has 0 fully saturated rings. The highest BCUT2D eigenvalue weighted by Crippen LogP contribution is 2.41. The fraction of sp³-hybridized carbons (Fsp3) is 0.385. The summed E-state index contributed by atoms with van der Waals surface area (Å²) in [6, 6.07) is 29.4. The highest BCUT2D eigenvalue weighted by atomic mass is 16.6. The van der Waals surface area contributed by atoms with E-state index >= 15 is 0 Å². The van der Waals surface area contributed by atoms with Crippen LogP contribution in [-0.4, -0.2) is 51.7 Å². The number of nitrogens with one attached hydrogen (secondary N) is 4. The van der Waals surface area contributed by atoms with Crippen molar-refractivity contribution in [3.8, 4) is 0 Å². The zero-order valence-electron chi connectivity index (χ0n) is 30.1. The molecule has 0 spiro atoms. The van der Waals surface area contributed by atoms with Gasteiger partial charge in [-0.3, -0.25) is 9.48 Å². The lowest BCUT2D eigenvalue weighted by Gasteiger charge is -2.38. The van der Waals surface area contributed by atoms with Crippen LogP contribution in [0.15, 0.2) is 97.2 Å². The summed E-state index contributed by atoms with van der Waals surface area (Å²) in [7, 11) is 1.80. The van der Waals surface area contributed by atoms with Crippen LogP contribution in [-0.2, 0) is 26.9 Å². The van der Waals surface area contributed by atoms with E-state index in [1.807, 2.05) is 54.6 Å². The maximum atomic E-state index is 13.9. The molecule has 0 radical (unpaired) electrons. The summed E-state index contributed by atoms with van der Waals surface area (Å²) in [5.74, 6) is 0.129. The molecule has 266 valence electrons. The molecular weight excluding hydrogens is 632 g/mol. The van der Waals surface area contributed by atoms with E-state index in [1.165, 1.54) is 0 Å². The van der Waals surface area contributed by atoms with Crippen LogP contribution in [0, 0.1) is 0 Å². The minimum absolute atomic E-state index is 0.298. The predicted octanol–water partition coefficient (Wildman–Crippen LogP) is 7.35. The number of anilines is 2. The Morgan fingerprint density at radius 3 is 1.68 bits per heavy atom. The second kappa shape index (κ2) is 16.4. The number of amides is 3. The van der Waals surface area contributed by atoms with Crippen molar-refractivity contribution < 1.29 is 23.9 Å². The molecule has 11 nitrogen and oxygen atoms in total. The molecular formula is C39H50N6O5. The molecule has 4 aromatic rings. The van der Waals surface area contributed by atoms with E-state index in [9.17, 15) is 14.4 Å². The van der Waals surface area contributed by atoms with Crippen LogP contribution in [0.4, 0.5) is 21.1 Å². The fourth-order valence-electron chi connectivity index (χ4n) is 5.55. The smallest absolute Gasteiger partial charge is 0.408 e. The lowest BCUT2D eigenvalue weighted by Crippen LogP contribution is -2.46. The highest BCUT2D eigenvalue weighted by Gasteiger charge is 2.38. The van der Waals surface area contributed by atoms with Gasteiger partial charge < -0.3 is 30.7 Å². The van der Waals surface area contributed by atoms with E-state index in [-0.39, 0.29) is 0 Å². The molecule has 0 saturated carbocycles. The standard InChI is InChI=1S/C39H50N6O5/c1-37(2,3)49-35(47)40-26-18-17-25-31(43-36(48)50-38(4,5)6)34(46)42-32-27-41-45(7)33(32)44-39(28-19-11-8-12-20-28,29-21-13-9-14-22-29)30-23-15-10-16-24-30/h8-16,19-24,27,31,44H,17-18,25-26H2,1-7H3,(H,40,47)(H,42,46)(H,43,48)/t31-/m0/s1. The number of nitrogens with zero attached hydrogens (tertiary/aromatic N) is 2. The Morgan fingerprint density at radius 1 is 0.720 bits per heavy atom. The summed E-state index contributed by atoms with van der Waals surface area (Å²) in [4.78, 5) is 38.9. The van der Waals surface area contributed by atoms with Crippen molar-refractivity contribution in [2.75, 3.05) is 17.2 Å². The average molecular weight is 683 g/mol. The SMILES string of the molecule is Cn1ncc(NC(=O)[C@H](CCCCNC(=O)OC(C)(C)C)NC(=O)OC(C)(C)C)c1NC(c1ccccc1)(c1ccccc1)c1ccccc1. The van der Waals surface area contributed by atoms with Crippen LogP contribution in [0.3, 0.4) is 0 Å². The summed E-state index contributed by atoms with van der Waals surface area (Å²) in [6.07, 6.45) is 1.76. The van der Waals surface area contributed by atoms with Gasteiger partial charge in [0.25, 0.3) is 0 Å². The minimum atomic E-state index is -0.929. The number of rotatable bonds is 13. The Balaban J connectivity index is 1.61. The van der Waals surface area contributed by atoms with Gasteiger partial charge in [-0.15, -0.1) is 0 Å². The highest BCUT2D eigenvalue weighted by molar-refractivity contribution is 5.98. The average Bonchev–Trinajstić information content (AvgIpc) is 3.39. The number of carbonyl (C=O) groups excluding carboxylic acids is 3. The van der Waals surface area contributed by atoms with Crippen LogP contribution >= 0.6 is 0 Å². The van der Waals surface area contributed by atoms with E-state index in [4.69, 9.17) is 9.47 Å². The van der Waals surface area contributed by atoms with Gasteiger partial charge in [0.1, 0.15) is 34.3 Å². The van der Waals surface area contributed by atoms with Gasteiger partial charge >= 0.3 is 12.2 Å². The van der Waals surface area contributed by atoms with Gasteiger partial charge in [-0.05, 0) is 77.5 Å². The maximum Gasteiger partial charge on any atom is 0.408 e. The van der Waals surface area contributed by atoms with Crippen molar-refractivity contribution in [3.63, 3.8) is 0 Å². The Kier molecular flexibility index (Phi) is 12.3. The Morgan fingerprint density at radius 2 is 1.20 bits per heavy atom. The number of hydrogen-bond donors (Lipinski definition) is 4. The van der Waals surface area contributed by atoms with E-state index in [1.54, 1.807) is 59.5 Å². The third kappa shape index (κ3) is 10.3. The van der Waals surface area contributed by atoms with E-state index in [0.717, 1.165) is 16.7 Å². The van der Waals surface area contributed by atoms with Gasteiger partial charge in [-0.25, -0.2) is 9.59 Å². The van der Waals surface area contributed by atoms with Crippen LogP contribution in [0.1, 0.15) is 77.5 Å². The van der Waals surface area contributed by atoms with E-state index < -0.39 is 40.9 Å². The quantitative estimate of drug-likeness (QED) is 0.0855. The largest absolute Gasteiger partial charge is 0.444 e. The predicted molar refractivity (Wildman–Crippen MR) is 196 cm³/mol. The van der Waals surface area contributed by atoms with Crippen molar-refractivity contribution in [3.05, 3.63) is 114 Å². The maximum absolute atomic E-state index is 13.9. The number of ether oxygens (including phenoxy) is 2. The number of alkyl carbamates (subject to hydrolysis) is 2. The summed E-state index contributed by atoms with van der Waals surface area (Å²) < 4.78 is 12.5. The molecule has 0 aliphatic carbocycles. The molecule has 11 heteroatoms. The molecule has 3 amide bonds. The zero-order chi connectivity index (χ0) is 36.4. The molecule has 0 bridgehead atoms. The second-order valence-electron chi connectivity index (χ2n) is 14.1. The molecule has 0 aliphatic heterocycles. The number of hydrogen-bond acceptors (Lipinski definition) is 7. The first-order valence-corrected chi connectivity index (χ1v) is 16.9. The van der Waals surface area contributed by atoms with Gasteiger partial charge in [0.05, 0.1) is 6.20 Å². The Labute approximate surface area is 295 Å². The molecule has 0 unspecified atom stereocenters. The minimum Gasteiger partial charge on any atom is -0.444 e. The topological polar surface area (TPSA) is 136 Å². The molecule has 50 heavy (non-hydrogen) atoms. The molecule has 1 aromatic heterocycles. The van der Waals surface area contributed by atoms with Crippen molar-refractivity contribution in [2.45, 2.75) is 83.6 Å². The summed E-state index contributed by atoms with van der Waals surface area (Å²) in [5.41, 5.74) is 1.17. The number of benzene rings is 3. The number of unbranched alkanes of at least 4 members (excludes halogenated alkanes) is 1. The van der Waals surface area contributed by atoms with Crippen molar-refractivity contribution in [1.82, 2.24) is 20.4 Å². The van der Waals surface area contributed by atoms with Crippen molar-refractivity contribution in [2.24, 2.45) is 7.05 Å². The van der Waals surface area contributed by atoms with Crippen molar-refractivity contribution >= 4 is 29.6 Å². The lowest BCUT2D eigenvalue weighted by atomic mass is 9.77. The number of aryl methyl sites for hydroxylation is 1. The lowest BCUT2D eigenvalue weighted by molar-refractivity contribution is -0.118. The monoisotopic (exact) mass is 682 g/mol. The number of carbonyl (C=O) groups is 3. The van der Waals surface area contributed by atoms with Crippen molar-refractivity contribution in [1.29, 1.82) is 0 Å². The van der Waals surface area contributed by atoms with E-state index in [2.05, 4.69) is 62.8 Å². The van der Waals surface area contributed by atoms with Crippen LogP contribution in [0.25, 0.3) is 0 Å². The van der Waals surface area contributed by atoms with Gasteiger partial charge in [-0.2, -0.15) is 5.10 Å². The van der Waals surface area contributed by atoms with Crippen LogP contribution in [0.2, 0.25) is 0 Å². The third-order valence-corrected chi connectivity index (χ3v) is 7.72. The first-order chi connectivity index (χ1) is 23.7. The fourth-order valence-corrected chi connectivity index (χ4v) is 5.55. The van der Waals surface area contributed by atoms with Gasteiger partial charge in [0.15, 0.2) is 0 Å². The summed E-state index contributed by atoms with van der Waals surface area (Å²) in [5, 5.41) is 16.8. The normalized spacial score (nSPS) is 12.4. The molecule has 4 rings (SSSR count). The molecule has 1 heterocycles. The summed E-state index contributed by atoms with van der Waals surface area (Å²) >= 11 is 0. The zero-order valence-corrected chi connectivity index (χ0v) is 30.1. The first-order valence-electron chi connectivity index (χ1n) is 16.9. The Hall–Kier alpha value is -5.32. The molecule has 0 aliphatic rings. The second-order valence-corrected chi connectivity index (χ2v) is 14.1. The van der Waals surface area contributed by atoms with Gasteiger partial charge in [0.2, 0.25) is 5.91 Å². The summed E-state index contributed by atoms with van der Waals surface area (Å²) in [6.45, 7) is 11.0. The number of aromatic nitrogens is 2. The molecule has 1 atom stereocenters. The van der Waals surface area contributed by atoms with Crippen LogP contribution < -0.4 is 21.3 Å². The molecule has 4 N–H and O–H groups in total. The van der Waals surface area contributed by atoms with Gasteiger partial charge in [-0.1, -0.05) is 91.0 Å². The molecule has 0 saturated heterocycles. The molecule has 3 aromatic carbocycles. The first kappa shape index (κ1) is 37.5.